The molecule has 0 aliphatic rings. The van der Waals surface area contributed by atoms with Gasteiger partial charge >= 0.3 is 0 Å². The van der Waals surface area contributed by atoms with Crippen LogP contribution in [0.2, 0.25) is 0 Å². The SMILES string of the molecule is CNCCCNCCc1csc(C)n1. The van der Waals surface area contributed by atoms with Gasteiger partial charge in [-0.1, -0.05) is 0 Å². The van der Waals surface area contributed by atoms with Crippen molar-refractivity contribution in [2.45, 2.75) is 19.8 Å². The van der Waals surface area contributed by atoms with Gasteiger partial charge in [-0.25, -0.2) is 4.98 Å². The average molecular weight is 213 g/mol. The van der Waals surface area contributed by atoms with Crippen LogP contribution >= 0.6 is 11.3 Å². The van der Waals surface area contributed by atoms with E-state index in [1.54, 1.807) is 11.3 Å². The second-order valence-corrected chi connectivity index (χ2v) is 4.38. The highest BCUT2D eigenvalue weighted by molar-refractivity contribution is 7.09. The molecular formula is C10H19N3S. The molecule has 0 radical (unpaired) electrons. The lowest BCUT2D eigenvalue weighted by Crippen LogP contribution is -2.22. The van der Waals surface area contributed by atoms with E-state index in [-0.39, 0.29) is 0 Å². The highest BCUT2D eigenvalue weighted by Gasteiger charge is 1.96. The molecule has 0 saturated heterocycles. The molecule has 0 fully saturated rings. The Bertz CT molecular complexity index is 247. The van der Waals surface area contributed by atoms with Gasteiger partial charge < -0.3 is 10.6 Å². The number of rotatable bonds is 7. The number of aromatic nitrogens is 1. The number of aryl methyl sites for hydroxylation is 1. The maximum atomic E-state index is 4.41. The van der Waals surface area contributed by atoms with Crippen molar-refractivity contribution in [2.75, 3.05) is 26.7 Å². The lowest BCUT2D eigenvalue weighted by Gasteiger charge is -2.02. The largest absolute Gasteiger partial charge is 0.320 e. The van der Waals surface area contributed by atoms with Crippen LogP contribution in [-0.4, -0.2) is 31.7 Å². The van der Waals surface area contributed by atoms with Crippen LogP contribution < -0.4 is 10.6 Å². The van der Waals surface area contributed by atoms with Gasteiger partial charge in [-0.3, -0.25) is 0 Å². The monoisotopic (exact) mass is 213 g/mol. The van der Waals surface area contributed by atoms with Crippen molar-refractivity contribution in [3.05, 3.63) is 16.1 Å². The summed E-state index contributed by atoms with van der Waals surface area (Å²) in [4.78, 5) is 4.41. The summed E-state index contributed by atoms with van der Waals surface area (Å²) in [7, 11) is 1.98. The van der Waals surface area contributed by atoms with Crippen molar-refractivity contribution in [1.29, 1.82) is 0 Å². The Morgan fingerprint density at radius 2 is 2.21 bits per heavy atom. The first-order valence-corrected chi connectivity index (χ1v) is 5.97. The van der Waals surface area contributed by atoms with Gasteiger partial charge in [0.15, 0.2) is 0 Å². The van der Waals surface area contributed by atoms with E-state index in [2.05, 4.69) is 27.9 Å². The number of nitrogens with zero attached hydrogens (tertiary/aromatic N) is 1. The summed E-state index contributed by atoms with van der Waals surface area (Å²) in [5, 5.41) is 9.84. The molecule has 0 unspecified atom stereocenters. The van der Waals surface area contributed by atoms with Gasteiger partial charge in [0, 0.05) is 18.3 Å². The van der Waals surface area contributed by atoms with Crippen LogP contribution in [0.25, 0.3) is 0 Å². The zero-order valence-corrected chi connectivity index (χ0v) is 9.78. The minimum absolute atomic E-state index is 1.03. The third-order valence-corrected chi connectivity index (χ3v) is 2.83. The molecule has 0 spiro atoms. The van der Waals surface area contributed by atoms with E-state index >= 15 is 0 Å². The van der Waals surface area contributed by atoms with Crippen molar-refractivity contribution in [2.24, 2.45) is 0 Å². The first-order chi connectivity index (χ1) is 6.83. The van der Waals surface area contributed by atoms with Gasteiger partial charge in [-0.05, 0) is 33.5 Å². The molecule has 2 N–H and O–H groups in total. The second-order valence-electron chi connectivity index (χ2n) is 3.31. The number of hydrogen-bond donors (Lipinski definition) is 2. The molecule has 1 rings (SSSR count). The summed E-state index contributed by atoms with van der Waals surface area (Å²) in [6.07, 6.45) is 2.23. The molecule has 4 heteroatoms. The van der Waals surface area contributed by atoms with Crippen molar-refractivity contribution in [1.82, 2.24) is 15.6 Å². The molecule has 14 heavy (non-hydrogen) atoms. The molecule has 0 aliphatic heterocycles. The van der Waals surface area contributed by atoms with Gasteiger partial charge in [0.1, 0.15) is 0 Å². The number of thiazole rings is 1. The van der Waals surface area contributed by atoms with Gasteiger partial charge in [0.25, 0.3) is 0 Å². The van der Waals surface area contributed by atoms with E-state index in [0.29, 0.717) is 0 Å². The minimum Gasteiger partial charge on any atom is -0.320 e. The van der Waals surface area contributed by atoms with E-state index in [9.17, 15) is 0 Å². The van der Waals surface area contributed by atoms with Crippen molar-refractivity contribution < 1.29 is 0 Å². The van der Waals surface area contributed by atoms with E-state index in [1.807, 2.05) is 7.05 Å². The van der Waals surface area contributed by atoms with Crippen LogP contribution in [0.4, 0.5) is 0 Å². The van der Waals surface area contributed by atoms with Crippen molar-refractivity contribution in [3.63, 3.8) is 0 Å². The fourth-order valence-corrected chi connectivity index (χ4v) is 1.90. The summed E-state index contributed by atoms with van der Waals surface area (Å²) < 4.78 is 0. The molecular weight excluding hydrogens is 194 g/mol. The van der Waals surface area contributed by atoms with E-state index < -0.39 is 0 Å². The zero-order chi connectivity index (χ0) is 10.2. The molecule has 80 valence electrons. The van der Waals surface area contributed by atoms with E-state index in [0.717, 1.165) is 31.1 Å². The van der Waals surface area contributed by atoms with E-state index in [4.69, 9.17) is 0 Å². The van der Waals surface area contributed by atoms with Gasteiger partial charge in [0.05, 0.1) is 10.7 Å². The Morgan fingerprint density at radius 1 is 1.36 bits per heavy atom. The molecule has 0 saturated carbocycles. The Morgan fingerprint density at radius 3 is 2.86 bits per heavy atom. The molecule has 0 aromatic carbocycles. The molecule has 3 nitrogen and oxygen atoms in total. The predicted molar refractivity (Wildman–Crippen MR) is 62.0 cm³/mol. The summed E-state index contributed by atoms with van der Waals surface area (Å²) in [6, 6.07) is 0. The minimum atomic E-state index is 1.03. The van der Waals surface area contributed by atoms with Crippen LogP contribution in [0.5, 0.6) is 0 Å². The first kappa shape index (κ1) is 11.6. The molecule has 1 heterocycles. The molecule has 0 aliphatic carbocycles. The van der Waals surface area contributed by atoms with Crippen molar-refractivity contribution >= 4 is 11.3 Å². The van der Waals surface area contributed by atoms with Crippen LogP contribution in [0.3, 0.4) is 0 Å². The van der Waals surface area contributed by atoms with Gasteiger partial charge in [-0.2, -0.15) is 0 Å². The maximum Gasteiger partial charge on any atom is 0.0897 e. The summed E-state index contributed by atoms with van der Waals surface area (Å²) in [6.45, 7) is 5.26. The highest BCUT2D eigenvalue weighted by atomic mass is 32.1. The average Bonchev–Trinajstić information content (AvgIpc) is 2.58. The Labute approximate surface area is 89.9 Å². The second kappa shape index (κ2) is 6.92. The van der Waals surface area contributed by atoms with E-state index in [1.165, 1.54) is 12.1 Å². The maximum absolute atomic E-state index is 4.41. The Kier molecular flexibility index (Phi) is 5.75. The van der Waals surface area contributed by atoms with Crippen LogP contribution in [0, 0.1) is 6.92 Å². The predicted octanol–water partition coefficient (Wildman–Crippen LogP) is 1.19. The molecule has 0 bridgehead atoms. The summed E-state index contributed by atoms with van der Waals surface area (Å²) in [5.74, 6) is 0. The normalized spacial score (nSPS) is 10.7. The summed E-state index contributed by atoms with van der Waals surface area (Å²) >= 11 is 1.73. The zero-order valence-electron chi connectivity index (χ0n) is 8.97. The molecule has 0 atom stereocenters. The standard InChI is InChI=1S/C10H19N3S/c1-9-13-10(8-14-9)4-7-12-6-3-5-11-2/h8,11-12H,3-7H2,1-2H3. The van der Waals surface area contributed by atoms with Gasteiger partial charge in [-0.15, -0.1) is 11.3 Å². The smallest absolute Gasteiger partial charge is 0.0897 e. The van der Waals surface area contributed by atoms with Crippen LogP contribution in [-0.2, 0) is 6.42 Å². The quantitative estimate of drug-likeness (QED) is 0.668. The fraction of sp³-hybridized carbons (Fsp3) is 0.700. The lowest BCUT2D eigenvalue weighted by molar-refractivity contribution is 0.622. The first-order valence-electron chi connectivity index (χ1n) is 5.09. The summed E-state index contributed by atoms with van der Waals surface area (Å²) in [5.41, 5.74) is 1.22. The van der Waals surface area contributed by atoms with Crippen molar-refractivity contribution in [3.8, 4) is 0 Å². The topological polar surface area (TPSA) is 37.0 Å². The number of nitrogens with one attached hydrogen (secondary N) is 2. The third kappa shape index (κ3) is 4.69. The highest BCUT2D eigenvalue weighted by Crippen LogP contribution is 2.07. The van der Waals surface area contributed by atoms with Gasteiger partial charge in [0.2, 0.25) is 0 Å². The Balaban J connectivity index is 1.99. The van der Waals surface area contributed by atoms with Crippen LogP contribution in [0.15, 0.2) is 5.38 Å². The fourth-order valence-electron chi connectivity index (χ4n) is 1.25. The molecule has 0 amide bonds. The lowest BCUT2D eigenvalue weighted by atomic mass is 10.3. The molecule has 1 aromatic rings. The Hall–Kier alpha value is -0.450. The van der Waals surface area contributed by atoms with Crippen LogP contribution in [0.1, 0.15) is 17.1 Å². The molecule has 1 aromatic heterocycles. The number of hydrogen-bond acceptors (Lipinski definition) is 4. The third-order valence-electron chi connectivity index (χ3n) is 2.00.